The van der Waals surface area contributed by atoms with E-state index in [-0.39, 0.29) is 22.5 Å². The topological polar surface area (TPSA) is 84.3 Å². The molecule has 1 heterocycles. The number of anilines is 1. The van der Waals surface area contributed by atoms with Crippen molar-refractivity contribution < 1.29 is 9.72 Å². The Morgan fingerprint density at radius 3 is 2.90 bits per heavy atom. The number of nitrogens with one attached hydrogen (secondary N) is 2. The van der Waals surface area contributed by atoms with E-state index in [2.05, 4.69) is 10.6 Å². The van der Waals surface area contributed by atoms with Crippen molar-refractivity contribution in [2.24, 2.45) is 5.92 Å². The second kappa shape index (κ2) is 6.19. The van der Waals surface area contributed by atoms with Crippen molar-refractivity contribution in [2.75, 3.05) is 18.4 Å². The highest BCUT2D eigenvalue weighted by Gasteiger charge is 2.22. The highest BCUT2D eigenvalue weighted by molar-refractivity contribution is 6.33. The summed E-state index contributed by atoms with van der Waals surface area (Å²) >= 11 is 5.86. The predicted octanol–water partition coefficient (Wildman–Crippen LogP) is 2.49. The molecule has 1 saturated heterocycles. The van der Waals surface area contributed by atoms with E-state index < -0.39 is 4.92 Å². The number of benzene rings is 1. The van der Waals surface area contributed by atoms with Gasteiger partial charge in [-0.25, -0.2) is 0 Å². The molecule has 1 aromatic carbocycles. The number of nitrogens with zero attached hydrogens (tertiary/aromatic N) is 1. The number of amides is 1. The maximum Gasteiger partial charge on any atom is 0.288 e. The van der Waals surface area contributed by atoms with Crippen LogP contribution in [0.2, 0.25) is 5.02 Å². The molecule has 0 unspecified atom stereocenters. The fourth-order valence-electron chi connectivity index (χ4n) is 2.25. The van der Waals surface area contributed by atoms with Crippen LogP contribution in [0.4, 0.5) is 11.4 Å². The smallest absolute Gasteiger partial charge is 0.288 e. The molecule has 1 amide bonds. The van der Waals surface area contributed by atoms with Crippen LogP contribution in [0.15, 0.2) is 12.1 Å². The SMILES string of the molecule is Cc1cc([N+](=O)[O-])c(Cl)cc1NC(=O)[C@@H]1CCCNC1. The first-order valence-electron chi connectivity index (χ1n) is 6.45. The molecule has 7 heteroatoms. The van der Waals surface area contributed by atoms with E-state index >= 15 is 0 Å². The van der Waals surface area contributed by atoms with Crippen molar-refractivity contribution >= 4 is 28.9 Å². The zero-order chi connectivity index (χ0) is 14.7. The number of carbonyl (C=O) groups is 1. The minimum Gasteiger partial charge on any atom is -0.326 e. The molecule has 20 heavy (non-hydrogen) atoms. The molecule has 0 bridgehead atoms. The molecular formula is C13H16ClN3O3. The first kappa shape index (κ1) is 14.7. The van der Waals surface area contributed by atoms with Gasteiger partial charge in [-0.2, -0.15) is 0 Å². The third-order valence-electron chi connectivity index (χ3n) is 3.42. The second-order valence-electron chi connectivity index (χ2n) is 4.91. The number of halogens is 1. The minimum atomic E-state index is -0.536. The highest BCUT2D eigenvalue weighted by atomic mass is 35.5. The van der Waals surface area contributed by atoms with Crippen LogP contribution in [0.3, 0.4) is 0 Å². The van der Waals surface area contributed by atoms with Crippen LogP contribution in [-0.4, -0.2) is 23.9 Å². The van der Waals surface area contributed by atoms with Gasteiger partial charge in [-0.1, -0.05) is 11.6 Å². The number of hydrogen-bond donors (Lipinski definition) is 2. The number of piperidine rings is 1. The lowest BCUT2D eigenvalue weighted by atomic mass is 9.98. The van der Waals surface area contributed by atoms with Crippen molar-refractivity contribution in [3.8, 4) is 0 Å². The van der Waals surface area contributed by atoms with Crippen LogP contribution in [0, 0.1) is 23.0 Å². The van der Waals surface area contributed by atoms with Crippen LogP contribution < -0.4 is 10.6 Å². The Labute approximate surface area is 121 Å². The van der Waals surface area contributed by atoms with Gasteiger partial charge in [0, 0.05) is 18.3 Å². The van der Waals surface area contributed by atoms with E-state index in [4.69, 9.17) is 11.6 Å². The van der Waals surface area contributed by atoms with Gasteiger partial charge in [-0.3, -0.25) is 14.9 Å². The molecular weight excluding hydrogens is 282 g/mol. The highest BCUT2D eigenvalue weighted by Crippen LogP contribution is 2.30. The lowest BCUT2D eigenvalue weighted by Crippen LogP contribution is -2.37. The summed E-state index contributed by atoms with van der Waals surface area (Å²) in [4.78, 5) is 22.4. The summed E-state index contributed by atoms with van der Waals surface area (Å²) in [7, 11) is 0. The van der Waals surface area contributed by atoms with Crippen molar-refractivity contribution in [3.63, 3.8) is 0 Å². The molecule has 6 nitrogen and oxygen atoms in total. The van der Waals surface area contributed by atoms with Crippen LogP contribution in [0.5, 0.6) is 0 Å². The number of aryl methyl sites for hydroxylation is 1. The van der Waals surface area contributed by atoms with E-state index in [0.717, 1.165) is 19.4 Å². The molecule has 0 saturated carbocycles. The van der Waals surface area contributed by atoms with Gasteiger partial charge < -0.3 is 10.6 Å². The number of nitro groups is 1. The van der Waals surface area contributed by atoms with E-state index in [1.807, 2.05) is 0 Å². The van der Waals surface area contributed by atoms with Gasteiger partial charge >= 0.3 is 0 Å². The normalized spacial score (nSPS) is 18.6. The minimum absolute atomic E-state index is 0.0256. The van der Waals surface area contributed by atoms with Crippen molar-refractivity contribution in [3.05, 3.63) is 32.8 Å². The second-order valence-corrected chi connectivity index (χ2v) is 5.32. The largest absolute Gasteiger partial charge is 0.326 e. The standard InChI is InChI=1S/C13H16ClN3O3/c1-8-5-12(17(19)20)10(14)6-11(8)16-13(18)9-3-2-4-15-7-9/h5-6,9,15H,2-4,7H2,1H3,(H,16,18)/t9-/m1/s1. The molecule has 0 radical (unpaired) electrons. The summed E-state index contributed by atoms with van der Waals surface area (Å²) in [5.41, 5.74) is 0.996. The Morgan fingerprint density at radius 2 is 2.30 bits per heavy atom. The van der Waals surface area contributed by atoms with Gasteiger partial charge in [0.1, 0.15) is 5.02 Å². The Bertz CT molecular complexity index is 542. The average molecular weight is 298 g/mol. The quantitative estimate of drug-likeness (QED) is 0.663. The first-order chi connectivity index (χ1) is 9.49. The van der Waals surface area contributed by atoms with E-state index in [0.29, 0.717) is 17.8 Å². The molecule has 0 aromatic heterocycles. The lowest BCUT2D eigenvalue weighted by molar-refractivity contribution is -0.384. The van der Waals surface area contributed by atoms with Gasteiger partial charge in [0.05, 0.1) is 10.8 Å². The molecule has 108 valence electrons. The third-order valence-corrected chi connectivity index (χ3v) is 3.72. The Balaban J connectivity index is 2.15. The average Bonchev–Trinajstić information content (AvgIpc) is 2.43. The monoisotopic (exact) mass is 297 g/mol. The fraction of sp³-hybridized carbons (Fsp3) is 0.462. The molecule has 2 N–H and O–H groups in total. The first-order valence-corrected chi connectivity index (χ1v) is 6.83. The van der Waals surface area contributed by atoms with Gasteiger partial charge in [0.2, 0.25) is 5.91 Å². The number of hydrogen-bond acceptors (Lipinski definition) is 4. The van der Waals surface area contributed by atoms with Crippen LogP contribution >= 0.6 is 11.6 Å². The van der Waals surface area contributed by atoms with E-state index in [1.54, 1.807) is 6.92 Å². The number of carbonyl (C=O) groups excluding carboxylic acids is 1. The summed E-state index contributed by atoms with van der Waals surface area (Å²) in [6, 6.07) is 2.81. The maximum absolute atomic E-state index is 12.1. The Morgan fingerprint density at radius 1 is 1.55 bits per heavy atom. The van der Waals surface area contributed by atoms with E-state index in [9.17, 15) is 14.9 Å². The van der Waals surface area contributed by atoms with Crippen molar-refractivity contribution in [1.82, 2.24) is 5.32 Å². The molecule has 1 aliphatic heterocycles. The molecule has 1 aromatic rings. The number of rotatable bonds is 3. The van der Waals surface area contributed by atoms with E-state index in [1.165, 1.54) is 12.1 Å². The Hall–Kier alpha value is -1.66. The zero-order valence-electron chi connectivity index (χ0n) is 11.1. The third kappa shape index (κ3) is 3.26. The summed E-state index contributed by atoms with van der Waals surface area (Å²) < 4.78 is 0. The molecule has 1 atom stereocenters. The van der Waals surface area contributed by atoms with Crippen LogP contribution in [0.25, 0.3) is 0 Å². The Kier molecular flexibility index (Phi) is 4.57. The van der Waals surface area contributed by atoms with Crippen molar-refractivity contribution in [2.45, 2.75) is 19.8 Å². The molecule has 2 rings (SSSR count). The summed E-state index contributed by atoms with van der Waals surface area (Å²) in [5, 5.41) is 16.8. The number of nitro benzene ring substituents is 1. The van der Waals surface area contributed by atoms with Gasteiger partial charge in [0.15, 0.2) is 0 Å². The van der Waals surface area contributed by atoms with Crippen molar-refractivity contribution in [1.29, 1.82) is 0 Å². The van der Waals surface area contributed by atoms with Crippen LogP contribution in [-0.2, 0) is 4.79 Å². The lowest BCUT2D eigenvalue weighted by Gasteiger charge is -2.22. The molecule has 0 spiro atoms. The zero-order valence-corrected chi connectivity index (χ0v) is 11.9. The van der Waals surface area contributed by atoms with Crippen LogP contribution in [0.1, 0.15) is 18.4 Å². The molecule has 0 aliphatic carbocycles. The van der Waals surface area contributed by atoms with Gasteiger partial charge in [0.25, 0.3) is 5.69 Å². The summed E-state index contributed by atoms with van der Waals surface area (Å²) in [6.07, 6.45) is 1.82. The molecule has 1 aliphatic rings. The predicted molar refractivity (Wildman–Crippen MR) is 77.1 cm³/mol. The summed E-state index contributed by atoms with van der Waals surface area (Å²) in [6.45, 7) is 3.30. The summed E-state index contributed by atoms with van der Waals surface area (Å²) in [5.74, 6) is -0.151. The van der Waals surface area contributed by atoms with Gasteiger partial charge in [-0.15, -0.1) is 0 Å². The maximum atomic E-state index is 12.1. The fourth-order valence-corrected chi connectivity index (χ4v) is 2.48. The molecule has 1 fully saturated rings. The van der Waals surface area contributed by atoms with Gasteiger partial charge in [-0.05, 0) is 37.9 Å².